The van der Waals surface area contributed by atoms with E-state index in [2.05, 4.69) is 30.3 Å². The van der Waals surface area contributed by atoms with E-state index in [0.717, 1.165) is 48.1 Å². The van der Waals surface area contributed by atoms with Gasteiger partial charge in [-0.15, -0.1) is 0 Å². The lowest BCUT2D eigenvalue weighted by molar-refractivity contribution is 0.488. The molecule has 2 heterocycles. The van der Waals surface area contributed by atoms with Gasteiger partial charge in [0.2, 0.25) is 0 Å². The number of nitrogens with one attached hydrogen (secondary N) is 1. The molecule has 0 spiro atoms. The van der Waals surface area contributed by atoms with Crippen LogP contribution in [-0.2, 0) is 13.0 Å². The van der Waals surface area contributed by atoms with E-state index in [-0.39, 0.29) is 6.04 Å². The Bertz CT molecular complexity index is 588. The number of halogens is 1. The molecular formula is C16H24ClN3O. The van der Waals surface area contributed by atoms with Gasteiger partial charge in [0.1, 0.15) is 5.76 Å². The van der Waals surface area contributed by atoms with E-state index in [9.17, 15) is 0 Å². The quantitative estimate of drug-likeness (QED) is 0.839. The maximum absolute atomic E-state index is 6.43. The highest BCUT2D eigenvalue weighted by Gasteiger charge is 2.20. The summed E-state index contributed by atoms with van der Waals surface area (Å²) >= 11 is 6.43. The number of aryl methyl sites for hydroxylation is 3. The van der Waals surface area contributed by atoms with Gasteiger partial charge in [-0.3, -0.25) is 4.68 Å². The molecule has 0 amide bonds. The Morgan fingerprint density at radius 3 is 2.71 bits per heavy atom. The third-order valence-corrected chi connectivity index (χ3v) is 4.14. The van der Waals surface area contributed by atoms with Crippen molar-refractivity contribution in [3.05, 3.63) is 40.1 Å². The average Bonchev–Trinajstić information content (AvgIpc) is 3.01. The van der Waals surface area contributed by atoms with E-state index in [1.807, 2.05) is 24.8 Å². The van der Waals surface area contributed by atoms with Gasteiger partial charge in [-0.2, -0.15) is 5.10 Å². The molecule has 2 rings (SSSR count). The Kier molecular flexibility index (Phi) is 5.48. The molecule has 2 aromatic heterocycles. The van der Waals surface area contributed by atoms with Crippen LogP contribution in [0.4, 0.5) is 0 Å². The molecule has 1 unspecified atom stereocenters. The van der Waals surface area contributed by atoms with Crippen LogP contribution >= 0.6 is 11.6 Å². The minimum atomic E-state index is 0.196. The van der Waals surface area contributed by atoms with E-state index in [0.29, 0.717) is 0 Å². The molecule has 5 heteroatoms. The van der Waals surface area contributed by atoms with E-state index in [1.54, 1.807) is 0 Å². The van der Waals surface area contributed by atoms with Crippen LogP contribution in [0.15, 0.2) is 16.7 Å². The topological polar surface area (TPSA) is 43.0 Å². The zero-order valence-corrected chi connectivity index (χ0v) is 14.0. The second-order valence-electron chi connectivity index (χ2n) is 5.36. The first-order valence-electron chi connectivity index (χ1n) is 7.57. The highest BCUT2D eigenvalue weighted by atomic mass is 35.5. The molecule has 116 valence electrons. The Morgan fingerprint density at radius 2 is 2.14 bits per heavy atom. The van der Waals surface area contributed by atoms with Crippen LogP contribution in [0, 0.1) is 13.8 Å². The first-order valence-corrected chi connectivity index (χ1v) is 7.94. The second-order valence-corrected chi connectivity index (χ2v) is 5.74. The van der Waals surface area contributed by atoms with Gasteiger partial charge in [-0.05, 0) is 39.8 Å². The minimum Gasteiger partial charge on any atom is -0.469 e. The Morgan fingerprint density at radius 1 is 1.38 bits per heavy atom. The fraction of sp³-hybridized carbons (Fsp3) is 0.562. The summed E-state index contributed by atoms with van der Waals surface area (Å²) < 4.78 is 7.45. The van der Waals surface area contributed by atoms with Crippen molar-refractivity contribution >= 4 is 11.6 Å². The SMILES string of the molecule is CCCNC(Cc1c(Cl)c(C)nn1CC)c1coc(C)c1. The Labute approximate surface area is 131 Å². The van der Waals surface area contributed by atoms with Crippen molar-refractivity contribution in [1.29, 1.82) is 0 Å². The van der Waals surface area contributed by atoms with Crippen molar-refractivity contribution in [2.24, 2.45) is 0 Å². The fourth-order valence-corrected chi connectivity index (χ4v) is 2.74. The maximum Gasteiger partial charge on any atom is 0.101 e. The number of furan rings is 1. The Hall–Kier alpha value is -1.26. The van der Waals surface area contributed by atoms with Crippen LogP contribution in [0.2, 0.25) is 5.02 Å². The smallest absolute Gasteiger partial charge is 0.101 e. The molecule has 0 aliphatic rings. The second kappa shape index (κ2) is 7.14. The highest BCUT2D eigenvalue weighted by Crippen LogP contribution is 2.27. The van der Waals surface area contributed by atoms with Gasteiger partial charge < -0.3 is 9.73 Å². The molecule has 0 fully saturated rings. The molecule has 0 aromatic carbocycles. The molecule has 21 heavy (non-hydrogen) atoms. The molecule has 1 N–H and O–H groups in total. The zero-order valence-electron chi connectivity index (χ0n) is 13.2. The summed E-state index contributed by atoms with van der Waals surface area (Å²) in [6.07, 6.45) is 3.73. The molecular weight excluding hydrogens is 286 g/mol. The Balaban J connectivity index is 2.26. The lowest BCUT2D eigenvalue weighted by atomic mass is 10.0. The summed E-state index contributed by atoms with van der Waals surface area (Å²) in [4.78, 5) is 0. The lowest BCUT2D eigenvalue weighted by Gasteiger charge is -2.18. The maximum atomic E-state index is 6.43. The molecule has 0 aliphatic carbocycles. The normalized spacial score (nSPS) is 12.8. The summed E-state index contributed by atoms with van der Waals surface area (Å²) in [7, 11) is 0. The molecule has 0 radical (unpaired) electrons. The third kappa shape index (κ3) is 3.69. The van der Waals surface area contributed by atoms with Crippen LogP contribution in [-0.4, -0.2) is 16.3 Å². The van der Waals surface area contributed by atoms with Gasteiger partial charge in [0.25, 0.3) is 0 Å². The molecule has 1 atom stereocenters. The van der Waals surface area contributed by atoms with Crippen LogP contribution in [0.3, 0.4) is 0 Å². The fourth-order valence-electron chi connectivity index (χ4n) is 2.53. The lowest BCUT2D eigenvalue weighted by Crippen LogP contribution is -2.25. The summed E-state index contributed by atoms with van der Waals surface area (Å²) in [5.74, 6) is 0.930. The first-order chi connectivity index (χ1) is 10.1. The number of hydrogen-bond donors (Lipinski definition) is 1. The standard InChI is InChI=1S/C16H24ClN3O/c1-5-7-18-14(13-8-11(3)21-10-13)9-15-16(17)12(4)19-20(15)6-2/h8,10,14,18H,5-7,9H2,1-4H3. The molecule has 2 aromatic rings. The predicted octanol–water partition coefficient (Wildman–Crippen LogP) is 4.05. The molecule has 0 bridgehead atoms. The zero-order chi connectivity index (χ0) is 15.4. The van der Waals surface area contributed by atoms with Crippen LogP contribution in [0.1, 0.15) is 49.0 Å². The minimum absolute atomic E-state index is 0.196. The van der Waals surface area contributed by atoms with Crippen molar-refractivity contribution in [2.45, 2.75) is 53.1 Å². The largest absolute Gasteiger partial charge is 0.469 e. The molecule has 4 nitrogen and oxygen atoms in total. The van der Waals surface area contributed by atoms with Crippen LogP contribution in [0.25, 0.3) is 0 Å². The number of aromatic nitrogens is 2. The van der Waals surface area contributed by atoms with Crippen molar-refractivity contribution in [1.82, 2.24) is 15.1 Å². The van der Waals surface area contributed by atoms with Gasteiger partial charge in [0.15, 0.2) is 0 Å². The predicted molar refractivity (Wildman–Crippen MR) is 85.8 cm³/mol. The van der Waals surface area contributed by atoms with Crippen molar-refractivity contribution in [2.75, 3.05) is 6.54 Å². The van der Waals surface area contributed by atoms with E-state index < -0.39 is 0 Å². The van der Waals surface area contributed by atoms with Crippen LogP contribution < -0.4 is 5.32 Å². The van der Waals surface area contributed by atoms with Crippen molar-refractivity contribution in [3.8, 4) is 0 Å². The summed E-state index contributed by atoms with van der Waals surface area (Å²) in [5.41, 5.74) is 3.15. The van der Waals surface area contributed by atoms with E-state index in [4.69, 9.17) is 16.0 Å². The van der Waals surface area contributed by atoms with Crippen LogP contribution in [0.5, 0.6) is 0 Å². The third-order valence-electron chi connectivity index (χ3n) is 3.64. The molecule has 0 aliphatic heterocycles. The van der Waals surface area contributed by atoms with Gasteiger partial charge in [0.05, 0.1) is 22.7 Å². The van der Waals surface area contributed by atoms with Crippen molar-refractivity contribution < 1.29 is 4.42 Å². The average molecular weight is 310 g/mol. The van der Waals surface area contributed by atoms with E-state index in [1.165, 1.54) is 5.56 Å². The molecule has 0 saturated carbocycles. The first kappa shape index (κ1) is 16.1. The monoisotopic (exact) mass is 309 g/mol. The van der Waals surface area contributed by atoms with Crippen molar-refractivity contribution in [3.63, 3.8) is 0 Å². The van der Waals surface area contributed by atoms with Gasteiger partial charge >= 0.3 is 0 Å². The summed E-state index contributed by atoms with van der Waals surface area (Å²) in [6, 6.07) is 2.28. The molecule has 0 saturated heterocycles. The number of hydrogen-bond acceptors (Lipinski definition) is 3. The van der Waals surface area contributed by atoms with Gasteiger partial charge in [-0.25, -0.2) is 0 Å². The van der Waals surface area contributed by atoms with E-state index >= 15 is 0 Å². The highest BCUT2D eigenvalue weighted by molar-refractivity contribution is 6.31. The number of nitrogens with zero attached hydrogens (tertiary/aromatic N) is 2. The summed E-state index contributed by atoms with van der Waals surface area (Å²) in [5, 5.41) is 8.85. The van der Waals surface area contributed by atoms with Gasteiger partial charge in [0, 0.05) is 24.6 Å². The van der Waals surface area contributed by atoms with Gasteiger partial charge in [-0.1, -0.05) is 18.5 Å². The number of rotatable bonds is 7. The summed E-state index contributed by atoms with van der Waals surface area (Å²) in [6.45, 7) is 9.96.